The van der Waals surface area contributed by atoms with Crippen molar-refractivity contribution < 1.29 is 9.53 Å². The van der Waals surface area contributed by atoms with Crippen LogP contribution >= 0.6 is 0 Å². The van der Waals surface area contributed by atoms with Crippen molar-refractivity contribution in [1.29, 1.82) is 0 Å². The lowest BCUT2D eigenvalue weighted by Gasteiger charge is -2.05. The van der Waals surface area contributed by atoms with E-state index in [2.05, 4.69) is 20.5 Å². The fourth-order valence-electron chi connectivity index (χ4n) is 1.35. The number of carbonyl (C=O) groups excluding carboxylic acids is 1. The van der Waals surface area contributed by atoms with E-state index in [1.807, 2.05) is 0 Å². The van der Waals surface area contributed by atoms with Crippen LogP contribution in [0.2, 0.25) is 0 Å². The molecule has 1 aromatic heterocycles. The number of aromatic nitrogens is 3. The molecule has 17 heavy (non-hydrogen) atoms. The number of carbonyl (C=O) groups is 1. The Morgan fingerprint density at radius 1 is 1.53 bits per heavy atom. The van der Waals surface area contributed by atoms with Crippen molar-refractivity contribution in [3.8, 4) is 5.75 Å². The maximum Gasteiger partial charge on any atom is 0.251 e. The van der Waals surface area contributed by atoms with Crippen LogP contribution in [-0.4, -0.2) is 28.2 Å². The zero-order chi connectivity index (χ0) is 12.1. The maximum absolute atomic E-state index is 11.8. The van der Waals surface area contributed by atoms with Crippen molar-refractivity contribution in [1.82, 2.24) is 20.5 Å². The molecule has 0 atom stereocenters. The second-order valence-corrected chi connectivity index (χ2v) is 3.35. The van der Waals surface area contributed by atoms with Gasteiger partial charge in [-0.3, -0.25) is 9.89 Å². The van der Waals surface area contributed by atoms with E-state index in [0.29, 0.717) is 23.7 Å². The van der Waals surface area contributed by atoms with E-state index in [4.69, 9.17) is 4.74 Å². The van der Waals surface area contributed by atoms with E-state index in [9.17, 15) is 4.79 Å². The normalized spacial score (nSPS) is 9.94. The van der Waals surface area contributed by atoms with Gasteiger partial charge in [0, 0.05) is 5.56 Å². The monoisotopic (exact) mass is 232 g/mol. The summed E-state index contributed by atoms with van der Waals surface area (Å²) in [7, 11) is 1.56. The highest BCUT2D eigenvalue weighted by Gasteiger charge is 2.06. The predicted molar refractivity (Wildman–Crippen MR) is 60.5 cm³/mol. The molecular formula is C11H12N4O2. The smallest absolute Gasteiger partial charge is 0.251 e. The fourth-order valence-corrected chi connectivity index (χ4v) is 1.35. The van der Waals surface area contributed by atoms with Crippen LogP contribution in [0.15, 0.2) is 30.6 Å². The molecule has 0 bridgehead atoms. The average molecular weight is 232 g/mol. The molecule has 6 heteroatoms. The van der Waals surface area contributed by atoms with Crippen molar-refractivity contribution in [3.63, 3.8) is 0 Å². The Bertz CT molecular complexity index is 496. The van der Waals surface area contributed by atoms with E-state index < -0.39 is 0 Å². The van der Waals surface area contributed by atoms with Gasteiger partial charge in [-0.15, -0.1) is 0 Å². The highest BCUT2D eigenvalue weighted by atomic mass is 16.5. The van der Waals surface area contributed by atoms with E-state index in [1.165, 1.54) is 6.33 Å². The Labute approximate surface area is 98.0 Å². The fraction of sp³-hybridized carbons (Fsp3) is 0.182. The first-order valence-electron chi connectivity index (χ1n) is 5.06. The van der Waals surface area contributed by atoms with Gasteiger partial charge in [-0.2, -0.15) is 5.10 Å². The van der Waals surface area contributed by atoms with Gasteiger partial charge in [-0.1, -0.05) is 6.07 Å². The lowest BCUT2D eigenvalue weighted by Crippen LogP contribution is -2.23. The van der Waals surface area contributed by atoms with Gasteiger partial charge in [0.1, 0.15) is 17.9 Å². The van der Waals surface area contributed by atoms with Crippen LogP contribution in [0.25, 0.3) is 0 Å². The summed E-state index contributed by atoms with van der Waals surface area (Å²) in [5.74, 6) is 1.08. The van der Waals surface area contributed by atoms with E-state index in [0.717, 1.165) is 0 Å². The number of ether oxygens (including phenoxy) is 1. The molecule has 88 valence electrons. The number of amides is 1. The summed E-state index contributed by atoms with van der Waals surface area (Å²) in [4.78, 5) is 15.7. The first-order valence-corrected chi connectivity index (χ1v) is 5.06. The predicted octanol–water partition coefficient (Wildman–Crippen LogP) is 0.743. The van der Waals surface area contributed by atoms with E-state index >= 15 is 0 Å². The molecule has 0 radical (unpaired) electrons. The van der Waals surface area contributed by atoms with Crippen molar-refractivity contribution in [2.75, 3.05) is 7.11 Å². The molecule has 1 heterocycles. The van der Waals surface area contributed by atoms with Gasteiger partial charge >= 0.3 is 0 Å². The molecule has 0 fully saturated rings. The summed E-state index contributed by atoms with van der Waals surface area (Å²) < 4.78 is 5.05. The van der Waals surface area contributed by atoms with Crippen LogP contribution in [0, 0.1) is 0 Å². The first kappa shape index (κ1) is 11.1. The summed E-state index contributed by atoms with van der Waals surface area (Å²) in [6.07, 6.45) is 1.40. The van der Waals surface area contributed by atoms with Crippen LogP contribution in [0.1, 0.15) is 16.2 Å². The largest absolute Gasteiger partial charge is 0.497 e. The van der Waals surface area contributed by atoms with Crippen LogP contribution in [0.4, 0.5) is 0 Å². The molecule has 0 saturated heterocycles. The minimum atomic E-state index is -0.180. The van der Waals surface area contributed by atoms with Crippen LogP contribution in [0.5, 0.6) is 5.75 Å². The third-order valence-electron chi connectivity index (χ3n) is 2.21. The number of rotatable bonds is 4. The van der Waals surface area contributed by atoms with Gasteiger partial charge in [0.25, 0.3) is 5.91 Å². The van der Waals surface area contributed by atoms with E-state index in [-0.39, 0.29) is 5.91 Å². The number of methoxy groups -OCH3 is 1. The number of nitrogens with one attached hydrogen (secondary N) is 2. The van der Waals surface area contributed by atoms with Gasteiger partial charge in [0.15, 0.2) is 0 Å². The van der Waals surface area contributed by atoms with Gasteiger partial charge in [-0.05, 0) is 18.2 Å². The van der Waals surface area contributed by atoms with Crippen LogP contribution in [-0.2, 0) is 6.54 Å². The summed E-state index contributed by atoms with van der Waals surface area (Å²) >= 11 is 0. The number of aromatic amines is 1. The molecule has 0 saturated carbocycles. The number of benzene rings is 1. The number of hydrogen-bond acceptors (Lipinski definition) is 4. The zero-order valence-corrected chi connectivity index (χ0v) is 9.30. The van der Waals surface area contributed by atoms with Crippen molar-refractivity contribution in [2.24, 2.45) is 0 Å². The average Bonchev–Trinajstić information content (AvgIpc) is 2.89. The van der Waals surface area contributed by atoms with Gasteiger partial charge in [0.05, 0.1) is 13.7 Å². The molecular weight excluding hydrogens is 220 g/mol. The number of H-pyrrole nitrogens is 1. The minimum absolute atomic E-state index is 0.180. The topological polar surface area (TPSA) is 79.9 Å². The third-order valence-corrected chi connectivity index (χ3v) is 2.21. The van der Waals surface area contributed by atoms with Crippen LogP contribution in [0.3, 0.4) is 0 Å². The molecule has 6 nitrogen and oxygen atoms in total. The molecule has 0 unspecified atom stereocenters. The molecule has 1 amide bonds. The van der Waals surface area contributed by atoms with Crippen molar-refractivity contribution in [3.05, 3.63) is 42.0 Å². The molecule has 0 aliphatic carbocycles. The summed E-state index contributed by atoms with van der Waals surface area (Å²) in [6.45, 7) is 0.316. The van der Waals surface area contributed by atoms with Crippen molar-refractivity contribution in [2.45, 2.75) is 6.54 Å². The molecule has 2 aromatic rings. The second kappa shape index (κ2) is 5.11. The summed E-state index contributed by atoms with van der Waals surface area (Å²) in [5.41, 5.74) is 0.545. The molecule has 1 aromatic carbocycles. The van der Waals surface area contributed by atoms with Gasteiger partial charge in [0.2, 0.25) is 0 Å². The molecule has 0 aliphatic heterocycles. The standard InChI is InChI=1S/C11H12N4O2/c1-17-9-4-2-3-8(5-9)11(16)12-6-10-13-7-14-15-10/h2-5,7H,6H2,1H3,(H,12,16)(H,13,14,15). The highest BCUT2D eigenvalue weighted by Crippen LogP contribution is 2.12. The summed E-state index contributed by atoms with van der Waals surface area (Å²) in [5, 5.41) is 9.08. The minimum Gasteiger partial charge on any atom is -0.497 e. The molecule has 2 rings (SSSR count). The second-order valence-electron chi connectivity index (χ2n) is 3.35. The molecule has 0 aliphatic rings. The Morgan fingerprint density at radius 3 is 3.12 bits per heavy atom. The lowest BCUT2D eigenvalue weighted by atomic mass is 10.2. The third kappa shape index (κ3) is 2.81. The number of hydrogen-bond donors (Lipinski definition) is 2. The number of nitrogens with zero attached hydrogens (tertiary/aromatic N) is 2. The van der Waals surface area contributed by atoms with Crippen molar-refractivity contribution >= 4 is 5.91 Å². The Kier molecular flexibility index (Phi) is 3.34. The summed E-state index contributed by atoms with van der Waals surface area (Å²) in [6, 6.07) is 6.95. The SMILES string of the molecule is COc1cccc(C(=O)NCc2ncn[nH]2)c1. The first-order chi connectivity index (χ1) is 8.29. The quantitative estimate of drug-likeness (QED) is 0.815. The molecule has 0 spiro atoms. The lowest BCUT2D eigenvalue weighted by molar-refractivity contribution is 0.0949. The van der Waals surface area contributed by atoms with Gasteiger partial charge in [-0.25, -0.2) is 4.98 Å². The zero-order valence-electron chi connectivity index (χ0n) is 9.30. The maximum atomic E-state index is 11.8. The molecule has 2 N–H and O–H groups in total. The Hall–Kier alpha value is -2.37. The van der Waals surface area contributed by atoms with E-state index in [1.54, 1.807) is 31.4 Å². The Morgan fingerprint density at radius 2 is 2.41 bits per heavy atom. The highest BCUT2D eigenvalue weighted by molar-refractivity contribution is 5.94. The Balaban J connectivity index is 1.99. The van der Waals surface area contributed by atoms with Crippen LogP contribution < -0.4 is 10.1 Å². The van der Waals surface area contributed by atoms with Gasteiger partial charge < -0.3 is 10.1 Å².